The first-order chi connectivity index (χ1) is 7.38. The minimum atomic E-state index is 0.961. The van der Waals surface area contributed by atoms with Crippen molar-refractivity contribution in [2.45, 2.75) is 41.0 Å². The molecule has 1 heterocycles. The normalized spacial score (nSPS) is 12.2. The van der Waals surface area contributed by atoms with Gasteiger partial charge in [-0.05, 0) is 24.5 Å². The van der Waals surface area contributed by atoms with E-state index in [4.69, 9.17) is 0 Å². The van der Waals surface area contributed by atoms with E-state index in [0.717, 1.165) is 13.0 Å². The van der Waals surface area contributed by atoms with Gasteiger partial charge in [0.2, 0.25) is 0 Å². The van der Waals surface area contributed by atoms with Crippen LogP contribution < -0.4 is 0 Å². The van der Waals surface area contributed by atoms with Gasteiger partial charge in [0.15, 0.2) is 0 Å². The summed E-state index contributed by atoms with van der Waals surface area (Å²) < 4.78 is 0. The Morgan fingerprint density at radius 2 is 1.60 bits per heavy atom. The van der Waals surface area contributed by atoms with Gasteiger partial charge in [-0.2, -0.15) is 0 Å². The molecule has 0 N–H and O–H groups in total. The van der Waals surface area contributed by atoms with Crippen molar-refractivity contribution in [1.29, 1.82) is 0 Å². The predicted octanol–water partition coefficient (Wildman–Crippen LogP) is 4.10. The maximum Gasteiger partial charge on any atom is 0.0433 e. The van der Waals surface area contributed by atoms with Crippen molar-refractivity contribution in [3.05, 3.63) is 35.4 Å². The molecule has 0 spiro atoms. The van der Waals surface area contributed by atoms with Crippen molar-refractivity contribution in [3.63, 3.8) is 0 Å². The molecule has 0 unspecified atom stereocenters. The lowest BCUT2D eigenvalue weighted by Crippen LogP contribution is -2.08. The number of rotatable bonds is 0. The van der Waals surface area contributed by atoms with Gasteiger partial charge < -0.3 is 0 Å². The zero-order valence-electron chi connectivity index (χ0n) is 10.7. The maximum absolute atomic E-state index is 4.39. The first-order valence-electron chi connectivity index (χ1n) is 5.97. The predicted molar refractivity (Wildman–Crippen MR) is 69.9 cm³/mol. The Hall–Kier alpha value is -1.11. The number of fused-ring (bicyclic) bond motifs is 1. The van der Waals surface area contributed by atoms with Crippen LogP contribution in [0.25, 0.3) is 0 Å². The van der Waals surface area contributed by atoms with Crippen LogP contribution in [0.4, 0.5) is 0 Å². The molecule has 15 heavy (non-hydrogen) atoms. The van der Waals surface area contributed by atoms with Crippen LogP contribution >= 0.6 is 0 Å². The summed E-state index contributed by atoms with van der Waals surface area (Å²) in [6, 6.07) is 8.50. The van der Waals surface area contributed by atoms with Gasteiger partial charge in [-0.1, -0.05) is 52.0 Å². The smallest absolute Gasteiger partial charge is 0.0433 e. The molecule has 1 aliphatic rings. The van der Waals surface area contributed by atoms with Crippen LogP contribution in [0.2, 0.25) is 0 Å². The van der Waals surface area contributed by atoms with E-state index in [2.05, 4.69) is 36.2 Å². The second-order valence-electron chi connectivity index (χ2n) is 2.87. The summed E-state index contributed by atoms with van der Waals surface area (Å²) in [5.41, 5.74) is 3.96. The molecule has 1 aliphatic heterocycles. The molecular formula is C14H23N. The summed E-state index contributed by atoms with van der Waals surface area (Å²) in [5.74, 6) is 0. The lowest BCUT2D eigenvalue weighted by molar-refractivity contribution is 0.942. The lowest BCUT2D eigenvalue weighted by atomic mass is 9.99. The summed E-state index contributed by atoms with van der Waals surface area (Å²) in [4.78, 5) is 4.39. The van der Waals surface area contributed by atoms with Crippen molar-refractivity contribution in [2.24, 2.45) is 4.99 Å². The van der Waals surface area contributed by atoms with E-state index in [9.17, 15) is 0 Å². The maximum atomic E-state index is 4.39. The largest absolute Gasteiger partial charge is 0.289 e. The van der Waals surface area contributed by atoms with E-state index in [1.165, 1.54) is 16.8 Å². The van der Waals surface area contributed by atoms with Crippen molar-refractivity contribution >= 4 is 5.71 Å². The minimum Gasteiger partial charge on any atom is -0.289 e. The fourth-order valence-electron chi connectivity index (χ4n) is 1.52. The number of hydrogen-bond acceptors (Lipinski definition) is 1. The van der Waals surface area contributed by atoms with Gasteiger partial charge in [0, 0.05) is 12.3 Å². The summed E-state index contributed by atoms with van der Waals surface area (Å²) in [7, 11) is 0. The second-order valence-corrected chi connectivity index (χ2v) is 2.87. The fourth-order valence-corrected chi connectivity index (χ4v) is 1.52. The number of benzene rings is 1. The molecule has 0 atom stereocenters. The van der Waals surface area contributed by atoms with Crippen LogP contribution in [0.15, 0.2) is 29.3 Å². The topological polar surface area (TPSA) is 12.4 Å². The third-order valence-electron chi connectivity index (χ3n) is 2.14. The number of aliphatic imine (C=N–C) groups is 1. The lowest BCUT2D eigenvalue weighted by Gasteiger charge is -2.12. The molecule has 0 bridgehead atoms. The summed E-state index contributed by atoms with van der Waals surface area (Å²) in [6.45, 7) is 11.0. The SMILES string of the molecule is CC.CC.CC1=NCCc2ccccc21. The molecule has 1 aromatic rings. The number of nitrogens with zero attached hydrogens (tertiary/aromatic N) is 1. The molecule has 0 aromatic heterocycles. The highest BCUT2D eigenvalue weighted by Crippen LogP contribution is 2.14. The van der Waals surface area contributed by atoms with E-state index in [1.54, 1.807) is 0 Å². The highest BCUT2D eigenvalue weighted by Gasteiger charge is 2.07. The standard InChI is InChI=1S/C10H11N.2C2H6/c1-8-10-5-3-2-4-9(10)6-7-11-8;2*1-2/h2-5H,6-7H2,1H3;2*1-2H3. The van der Waals surface area contributed by atoms with E-state index < -0.39 is 0 Å². The molecule has 0 saturated heterocycles. The molecule has 1 nitrogen and oxygen atoms in total. The summed E-state index contributed by atoms with van der Waals surface area (Å²) >= 11 is 0. The molecule has 84 valence electrons. The minimum absolute atomic E-state index is 0.961. The number of hydrogen-bond donors (Lipinski definition) is 0. The zero-order valence-corrected chi connectivity index (χ0v) is 10.7. The molecule has 1 heteroatoms. The van der Waals surface area contributed by atoms with E-state index in [0.29, 0.717) is 0 Å². The van der Waals surface area contributed by atoms with Crippen LogP contribution in [-0.4, -0.2) is 12.3 Å². The average molecular weight is 205 g/mol. The van der Waals surface area contributed by atoms with Gasteiger partial charge in [0.25, 0.3) is 0 Å². The van der Waals surface area contributed by atoms with Crippen LogP contribution in [0.3, 0.4) is 0 Å². The second kappa shape index (κ2) is 8.22. The van der Waals surface area contributed by atoms with Crippen LogP contribution in [-0.2, 0) is 6.42 Å². The Bertz CT molecular complexity index is 300. The molecule has 0 radical (unpaired) electrons. The Balaban J connectivity index is 0.000000442. The van der Waals surface area contributed by atoms with Gasteiger partial charge in [0.05, 0.1) is 0 Å². The molecular weight excluding hydrogens is 182 g/mol. The van der Waals surface area contributed by atoms with Gasteiger partial charge in [-0.25, -0.2) is 0 Å². The third kappa shape index (κ3) is 3.86. The highest BCUT2D eigenvalue weighted by atomic mass is 14.7. The average Bonchev–Trinajstić information content (AvgIpc) is 2.35. The van der Waals surface area contributed by atoms with Gasteiger partial charge in [-0.15, -0.1) is 0 Å². The zero-order chi connectivity index (χ0) is 11.7. The molecule has 0 fully saturated rings. The first kappa shape index (κ1) is 13.9. The van der Waals surface area contributed by atoms with Gasteiger partial charge in [0.1, 0.15) is 0 Å². The van der Waals surface area contributed by atoms with E-state index in [-0.39, 0.29) is 0 Å². The fraction of sp³-hybridized carbons (Fsp3) is 0.500. The van der Waals surface area contributed by atoms with Gasteiger partial charge in [-0.3, -0.25) is 4.99 Å². The third-order valence-corrected chi connectivity index (χ3v) is 2.14. The molecule has 0 saturated carbocycles. The van der Waals surface area contributed by atoms with Crippen LogP contribution in [0.1, 0.15) is 45.7 Å². The van der Waals surface area contributed by atoms with Crippen molar-refractivity contribution in [2.75, 3.05) is 6.54 Å². The van der Waals surface area contributed by atoms with Crippen molar-refractivity contribution in [1.82, 2.24) is 0 Å². The van der Waals surface area contributed by atoms with Crippen LogP contribution in [0.5, 0.6) is 0 Å². The van der Waals surface area contributed by atoms with E-state index >= 15 is 0 Å². The Kier molecular flexibility index (Phi) is 7.61. The Morgan fingerprint density at radius 1 is 1.00 bits per heavy atom. The molecule has 2 rings (SSSR count). The first-order valence-corrected chi connectivity index (χ1v) is 5.97. The monoisotopic (exact) mass is 205 g/mol. The highest BCUT2D eigenvalue weighted by molar-refractivity contribution is 6.00. The Morgan fingerprint density at radius 3 is 2.20 bits per heavy atom. The summed E-state index contributed by atoms with van der Waals surface area (Å²) in [6.07, 6.45) is 1.10. The van der Waals surface area contributed by atoms with Gasteiger partial charge >= 0.3 is 0 Å². The van der Waals surface area contributed by atoms with Crippen molar-refractivity contribution < 1.29 is 0 Å². The Labute approximate surface area is 94.3 Å². The molecule has 0 aliphatic carbocycles. The summed E-state index contributed by atoms with van der Waals surface area (Å²) in [5, 5.41) is 0. The molecule has 1 aromatic carbocycles. The van der Waals surface area contributed by atoms with E-state index in [1.807, 2.05) is 27.7 Å². The van der Waals surface area contributed by atoms with Crippen molar-refractivity contribution in [3.8, 4) is 0 Å². The van der Waals surface area contributed by atoms with Crippen LogP contribution in [0, 0.1) is 0 Å². The quantitative estimate of drug-likeness (QED) is 0.604. The molecule has 0 amide bonds.